The second kappa shape index (κ2) is 10.5. The first-order chi connectivity index (χ1) is 17.8. The summed E-state index contributed by atoms with van der Waals surface area (Å²) < 4.78 is 26.6. The summed E-state index contributed by atoms with van der Waals surface area (Å²) in [6, 6.07) is 14.2. The Morgan fingerprint density at radius 1 is 1.11 bits per heavy atom. The molecule has 1 N–H and O–H groups in total. The molecule has 0 atom stereocenters. The highest BCUT2D eigenvalue weighted by atomic mass is 35.5. The lowest BCUT2D eigenvalue weighted by Gasteiger charge is -2.34. The van der Waals surface area contributed by atoms with Crippen LogP contribution in [0.25, 0.3) is 11.0 Å². The van der Waals surface area contributed by atoms with E-state index in [-0.39, 0.29) is 10.8 Å². The minimum absolute atomic E-state index is 0.0556. The normalized spacial score (nSPS) is 14.7. The van der Waals surface area contributed by atoms with Gasteiger partial charge in [-0.1, -0.05) is 17.7 Å². The van der Waals surface area contributed by atoms with Crippen LogP contribution in [0.3, 0.4) is 0 Å². The molecule has 1 fully saturated rings. The molecule has 0 radical (unpaired) electrons. The van der Waals surface area contributed by atoms with Gasteiger partial charge in [0.05, 0.1) is 10.6 Å². The third kappa shape index (κ3) is 5.78. The summed E-state index contributed by atoms with van der Waals surface area (Å²) in [6.07, 6.45) is 9.40. The molecule has 8 nitrogen and oxygen atoms in total. The number of hydrogen-bond donors (Lipinski definition) is 1. The summed E-state index contributed by atoms with van der Waals surface area (Å²) in [5, 5.41) is 4.45. The Morgan fingerprint density at radius 2 is 1.92 bits per heavy atom. The number of benzene rings is 1. The maximum Gasteiger partial charge on any atom is 0.255 e. The van der Waals surface area contributed by atoms with Crippen molar-refractivity contribution in [2.45, 2.75) is 30.7 Å². The molecule has 0 bridgehead atoms. The second-order valence-corrected chi connectivity index (χ2v) is 11.9. The maximum atomic E-state index is 12.9. The molecule has 1 aliphatic heterocycles. The van der Waals surface area contributed by atoms with Crippen molar-refractivity contribution in [2.75, 3.05) is 29.6 Å². The Hall–Kier alpha value is -3.43. The van der Waals surface area contributed by atoms with E-state index in [0.717, 1.165) is 56.2 Å². The van der Waals surface area contributed by atoms with Crippen LogP contribution in [-0.2, 0) is 16.4 Å². The molecule has 3 aromatic heterocycles. The average molecular weight is 538 g/mol. The fourth-order valence-electron chi connectivity index (χ4n) is 4.77. The van der Waals surface area contributed by atoms with Crippen LogP contribution >= 0.6 is 11.6 Å². The summed E-state index contributed by atoms with van der Waals surface area (Å²) in [4.78, 5) is 24.1. The van der Waals surface area contributed by atoms with Crippen LogP contribution in [0.15, 0.2) is 72.0 Å². The zero-order valence-electron chi connectivity index (χ0n) is 20.5. The van der Waals surface area contributed by atoms with Crippen LogP contribution in [0.5, 0.6) is 0 Å². The molecule has 0 aliphatic carbocycles. The van der Waals surface area contributed by atoms with Gasteiger partial charge in [-0.15, -0.1) is 0 Å². The van der Waals surface area contributed by atoms with Crippen molar-refractivity contribution in [3.63, 3.8) is 0 Å². The first-order valence-corrected chi connectivity index (χ1v) is 14.5. The number of aryl methyl sites for hydroxylation is 1. The Labute approximate surface area is 221 Å². The monoisotopic (exact) mass is 537 g/mol. The highest BCUT2D eigenvalue weighted by molar-refractivity contribution is 7.90. The van der Waals surface area contributed by atoms with E-state index < -0.39 is 9.84 Å². The SMILES string of the molecule is CS(=O)(=O)c1cnc(N2CCC(CCn3ccc4cccnc43)CC2)c(NC(=O)c2cccc(Cl)c2)c1. The van der Waals surface area contributed by atoms with E-state index in [1.165, 1.54) is 12.3 Å². The molecule has 0 saturated carbocycles. The van der Waals surface area contributed by atoms with Gasteiger partial charge in [-0.2, -0.15) is 0 Å². The first kappa shape index (κ1) is 25.2. The lowest BCUT2D eigenvalue weighted by atomic mass is 9.93. The summed E-state index contributed by atoms with van der Waals surface area (Å²) in [5.74, 6) is 0.748. The molecule has 192 valence electrons. The number of carbonyl (C=O) groups is 1. The summed E-state index contributed by atoms with van der Waals surface area (Å²) in [5.41, 5.74) is 1.76. The summed E-state index contributed by atoms with van der Waals surface area (Å²) in [7, 11) is -3.49. The predicted octanol–water partition coefficient (Wildman–Crippen LogP) is 5.05. The maximum absolute atomic E-state index is 12.9. The number of halogens is 1. The molecule has 0 unspecified atom stereocenters. The van der Waals surface area contributed by atoms with E-state index >= 15 is 0 Å². The van der Waals surface area contributed by atoms with Gasteiger partial charge < -0.3 is 14.8 Å². The van der Waals surface area contributed by atoms with Gasteiger partial charge in [0.1, 0.15) is 5.65 Å². The van der Waals surface area contributed by atoms with E-state index in [9.17, 15) is 13.2 Å². The van der Waals surface area contributed by atoms with E-state index in [1.807, 2.05) is 12.3 Å². The van der Waals surface area contributed by atoms with Crippen molar-refractivity contribution in [3.8, 4) is 0 Å². The third-order valence-corrected chi connectivity index (χ3v) is 8.13. The quantitative estimate of drug-likeness (QED) is 0.354. The number of nitrogens with zero attached hydrogens (tertiary/aromatic N) is 4. The molecule has 4 heterocycles. The highest BCUT2D eigenvalue weighted by Crippen LogP contribution is 2.31. The summed E-state index contributed by atoms with van der Waals surface area (Å²) >= 11 is 6.05. The molecule has 4 aromatic rings. The number of rotatable bonds is 7. The van der Waals surface area contributed by atoms with Gasteiger partial charge in [0.2, 0.25) is 0 Å². The van der Waals surface area contributed by atoms with E-state index in [0.29, 0.717) is 28.0 Å². The number of anilines is 2. The Bertz CT molecular complexity index is 1540. The molecular weight excluding hydrogens is 510 g/mol. The number of aromatic nitrogens is 3. The topological polar surface area (TPSA) is 97.2 Å². The van der Waals surface area contributed by atoms with Gasteiger partial charge in [0.25, 0.3) is 5.91 Å². The van der Waals surface area contributed by atoms with Crippen molar-refractivity contribution in [3.05, 3.63) is 77.7 Å². The van der Waals surface area contributed by atoms with Crippen LogP contribution in [0, 0.1) is 5.92 Å². The van der Waals surface area contributed by atoms with Gasteiger partial charge in [0, 0.05) is 60.5 Å². The van der Waals surface area contributed by atoms with Crippen LogP contribution in [-0.4, -0.2) is 48.2 Å². The Kier molecular flexibility index (Phi) is 7.17. The van der Waals surface area contributed by atoms with Crippen molar-refractivity contribution < 1.29 is 13.2 Å². The van der Waals surface area contributed by atoms with Crippen LogP contribution in [0.4, 0.5) is 11.5 Å². The fourth-order valence-corrected chi connectivity index (χ4v) is 5.53. The van der Waals surface area contributed by atoms with Crippen molar-refractivity contribution >= 4 is 49.9 Å². The van der Waals surface area contributed by atoms with Gasteiger partial charge in [-0.05, 0) is 67.6 Å². The van der Waals surface area contributed by atoms with Gasteiger partial charge in [-0.25, -0.2) is 18.4 Å². The van der Waals surface area contributed by atoms with E-state index in [2.05, 4.69) is 43.1 Å². The molecule has 5 rings (SSSR count). The zero-order chi connectivity index (χ0) is 26.0. The lowest BCUT2D eigenvalue weighted by Crippen LogP contribution is -2.35. The zero-order valence-corrected chi connectivity index (χ0v) is 22.0. The lowest BCUT2D eigenvalue weighted by molar-refractivity contribution is 0.102. The molecule has 1 amide bonds. The molecule has 10 heteroatoms. The largest absolute Gasteiger partial charge is 0.355 e. The number of nitrogens with one attached hydrogen (secondary N) is 1. The molecule has 1 aliphatic rings. The minimum Gasteiger partial charge on any atom is -0.355 e. The third-order valence-electron chi connectivity index (χ3n) is 6.82. The smallest absolute Gasteiger partial charge is 0.255 e. The van der Waals surface area contributed by atoms with E-state index in [1.54, 1.807) is 24.3 Å². The standard InChI is InChI=1S/C27H28ClN5O3S/c1-37(35,36)23-17-24(31-27(34)21-4-2-6-22(28)16-21)26(30-18-23)33-13-8-19(9-14-33)7-12-32-15-10-20-5-3-11-29-25(20)32/h2-6,10-11,15-19H,7-9,12-14H2,1H3,(H,31,34). The van der Waals surface area contributed by atoms with Crippen molar-refractivity contribution in [1.82, 2.24) is 14.5 Å². The van der Waals surface area contributed by atoms with Crippen LogP contribution in [0.2, 0.25) is 5.02 Å². The second-order valence-electron chi connectivity index (χ2n) is 9.42. The van der Waals surface area contributed by atoms with Crippen molar-refractivity contribution in [2.24, 2.45) is 5.92 Å². The molecule has 1 saturated heterocycles. The predicted molar refractivity (Wildman–Crippen MR) is 146 cm³/mol. The van der Waals surface area contributed by atoms with Gasteiger partial charge in [-0.3, -0.25) is 4.79 Å². The number of fused-ring (bicyclic) bond motifs is 1. The van der Waals surface area contributed by atoms with Gasteiger partial charge in [0.15, 0.2) is 15.7 Å². The molecule has 0 spiro atoms. The van der Waals surface area contributed by atoms with E-state index in [4.69, 9.17) is 11.6 Å². The number of amides is 1. The first-order valence-electron chi connectivity index (χ1n) is 12.2. The molecule has 37 heavy (non-hydrogen) atoms. The van der Waals surface area contributed by atoms with Crippen LogP contribution in [0.1, 0.15) is 29.6 Å². The number of carbonyl (C=O) groups excluding carboxylic acids is 1. The summed E-state index contributed by atoms with van der Waals surface area (Å²) in [6.45, 7) is 2.44. The molecular formula is C27H28ClN5O3S. The minimum atomic E-state index is -3.49. The Morgan fingerprint density at radius 3 is 2.68 bits per heavy atom. The number of piperidine rings is 1. The number of hydrogen-bond acceptors (Lipinski definition) is 6. The molecule has 1 aromatic carbocycles. The van der Waals surface area contributed by atoms with Crippen molar-refractivity contribution in [1.29, 1.82) is 0 Å². The highest BCUT2D eigenvalue weighted by Gasteiger charge is 2.24. The average Bonchev–Trinajstić information content (AvgIpc) is 3.30. The van der Waals surface area contributed by atoms with Crippen LogP contribution < -0.4 is 10.2 Å². The fraction of sp³-hybridized carbons (Fsp3) is 0.296. The number of sulfone groups is 1. The Balaban J connectivity index is 1.29. The number of pyridine rings is 2. The van der Waals surface area contributed by atoms with Gasteiger partial charge >= 0.3 is 0 Å².